The van der Waals surface area contributed by atoms with E-state index in [2.05, 4.69) is 13.8 Å². The van der Waals surface area contributed by atoms with E-state index in [9.17, 15) is 9.46 Å². The molecule has 4 nitrogen and oxygen atoms in total. The zero-order valence-corrected chi connectivity index (χ0v) is 13.5. The molecule has 1 N–H and O–H groups in total. The van der Waals surface area contributed by atoms with Crippen molar-refractivity contribution in [3.05, 3.63) is 0 Å². The predicted octanol–water partition coefficient (Wildman–Crippen LogP) is 5.06. The van der Waals surface area contributed by atoms with Gasteiger partial charge in [0.15, 0.2) is 0 Å². The first kappa shape index (κ1) is 19.1. The minimum atomic E-state index is -3.80. The van der Waals surface area contributed by atoms with Crippen LogP contribution >= 0.6 is 7.82 Å². The lowest BCUT2D eigenvalue weighted by Gasteiger charge is -2.12. The summed E-state index contributed by atoms with van der Waals surface area (Å²) in [6.45, 7) is 4.94. The van der Waals surface area contributed by atoms with Gasteiger partial charge in [-0.2, -0.15) is 0 Å². The van der Waals surface area contributed by atoms with E-state index in [0.29, 0.717) is 13.2 Å². The Bertz CT molecular complexity index is 213. The average molecular weight is 294 g/mol. The molecule has 0 aromatic rings. The second kappa shape index (κ2) is 13.1. The monoisotopic (exact) mass is 294 g/mol. The molecule has 0 aromatic heterocycles. The zero-order chi connectivity index (χ0) is 14.4. The smallest absolute Gasteiger partial charge is 0.302 e. The zero-order valence-electron chi connectivity index (χ0n) is 12.6. The van der Waals surface area contributed by atoms with Gasteiger partial charge in [0.05, 0.1) is 13.2 Å². The Balaban J connectivity index is 3.39. The highest BCUT2D eigenvalue weighted by molar-refractivity contribution is 7.47. The van der Waals surface area contributed by atoms with E-state index < -0.39 is 7.82 Å². The second-order valence-electron chi connectivity index (χ2n) is 4.96. The van der Waals surface area contributed by atoms with Gasteiger partial charge in [0.1, 0.15) is 0 Å². The molecule has 0 saturated carbocycles. The first-order valence-electron chi connectivity index (χ1n) is 7.74. The molecule has 0 amide bonds. The van der Waals surface area contributed by atoms with Crippen LogP contribution in [0.2, 0.25) is 0 Å². The Labute approximate surface area is 118 Å². The number of rotatable bonds is 14. The van der Waals surface area contributed by atoms with Crippen LogP contribution in [0, 0.1) is 0 Å². The summed E-state index contributed by atoms with van der Waals surface area (Å²) >= 11 is 0. The molecule has 0 unspecified atom stereocenters. The van der Waals surface area contributed by atoms with Crippen molar-refractivity contribution in [3.63, 3.8) is 0 Å². The van der Waals surface area contributed by atoms with Crippen molar-refractivity contribution in [2.45, 2.75) is 78.1 Å². The molecule has 5 heteroatoms. The molecule has 0 atom stereocenters. The highest BCUT2D eigenvalue weighted by atomic mass is 31.2. The highest BCUT2D eigenvalue weighted by Gasteiger charge is 2.19. The van der Waals surface area contributed by atoms with Crippen LogP contribution in [0.3, 0.4) is 0 Å². The van der Waals surface area contributed by atoms with Crippen LogP contribution in [-0.2, 0) is 13.6 Å². The van der Waals surface area contributed by atoms with Crippen molar-refractivity contribution in [1.82, 2.24) is 0 Å². The average Bonchev–Trinajstić information content (AvgIpc) is 2.38. The first-order valence-corrected chi connectivity index (χ1v) is 9.23. The minimum absolute atomic E-state index is 0.313. The molecule has 0 aromatic carbocycles. The topological polar surface area (TPSA) is 55.8 Å². The van der Waals surface area contributed by atoms with Crippen molar-refractivity contribution in [1.29, 1.82) is 0 Å². The molecule has 0 aliphatic heterocycles. The van der Waals surface area contributed by atoms with Crippen molar-refractivity contribution in [3.8, 4) is 0 Å². The summed E-state index contributed by atoms with van der Waals surface area (Å²) in [6.07, 6.45) is 10.9. The van der Waals surface area contributed by atoms with E-state index >= 15 is 0 Å². The summed E-state index contributed by atoms with van der Waals surface area (Å²) in [6, 6.07) is 0. The maximum atomic E-state index is 11.5. The van der Waals surface area contributed by atoms with Gasteiger partial charge in [0, 0.05) is 0 Å². The van der Waals surface area contributed by atoms with Gasteiger partial charge in [-0.1, -0.05) is 65.2 Å². The van der Waals surface area contributed by atoms with E-state index in [1.807, 2.05) is 0 Å². The number of hydrogen-bond acceptors (Lipinski definition) is 3. The summed E-state index contributed by atoms with van der Waals surface area (Å²) in [5.74, 6) is 0. The predicted molar refractivity (Wildman–Crippen MR) is 79.2 cm³/mol. The fourth-order valence-electron chi connectivity index (χ4n) is 1.81. The fraction of sp³-hybridized carbons (Fsp3) is 1.00. The van der Waals surface area contributed by atoms with Crippen LogP contribution < -0.4 is 0 Å². The third-order valence-corrected chi connectivity index (χ3v) is 4.02. The maximum Gasteiger partial charge on any atom is 0.472 e. The SMILES string of the molecule is CCCCCCCOP(=O)(O)OCCCCCCC. The van der Waals surface area contributed by atoms with Gasteiger partial charge in [0.2, 0.25) is 0 Å². The van der Waals surface area contributed by atoms with Crippen molar-refractivity contribution >= 4 is 7.82 Å². The molecule has 0 aliphatic rings. The Hall–Kier alpha value is 0.110. The van der Waals surface area contributed by atoms with Crippen LogP contribution in [0.15, 0.2) is 0 Å². The Morgan fingerprint density at radius 2 is 1.11 bits per heavy atom. The summed E-state index contributed by atoms with van der Waals surface area (Å²) in [7, 11) is -3.80. The minimum Gasteiger partial charge on any atom is -0.302 e. The van der Waals surface area contributed by atoms with E-state index in [-0.39, 0.29) is 0 Å². The van der Waals surface area contributed by atoms with Crippen LogP contribution in [0.1, 0.15) is 78.1 Å². The van der Waals surface area contributed by atoms with Gasteiger partial charge >= 0.3 is 7.82 Å². The lowest BCUT2D eigenvalue weighted by Crippen LogP contribution is -1.99. The second-order valence-corrected chi connectivity index (χ2v) is 6.42. The van der Waals surface area contributed by atoms with E-state index in [1.54, 1.807) is 0 Å². The highest BCUT2D eigenvalue weighted by Crippen LogP contribution is 2.43. The standard InChI is InChI=1S/C14H31O4P/c1-3-5-7-9-11-13-17-19(15,16)18-14-12-10-8-6-4-2/h3-14H2,1-2H3,(H,15,16). The molecule has 0 heterocycles. The molecule has 0 aliphatic carbocycles. The van der Waals surface area contributed by atoms with E-state index in [1.165, 1.54) is 25.7 Å². The molecule has 0 saturated heterocycles. The summed E-state index contributed by atoms with van der Waals surface area (Å²) in [5, 5.41) is 0. The maximum absolute atomic E-state index is 11.5. The van der Waals surface area contributed by atoms with Gasteiger partial charge < -0.3 is 4.89 Å². The van der Waals surface area contributed by atoms with Crippen LogP contribution in [-0.4, -0.2) is 18.1 Å². The lowest BCUT2D eigenvalue weighted by atomic mass is 10.2. The Morgan fingerprint density at radius 1 is 0.737 bits per heavy atom. The van der Waals surface area contributed by atoms with E-state index in [4.69, 9.17) is 9.05 Å². The summed E-state index contributed by atoms with van der Waals surface area (Å²) < 4.78 is 21.4. The van der Waals surface area contributed by atoms with Gasteiger partial charge in [-0.15, -0.1) is 0 Å². The molecular formula is C14H31O4P. The quantitative estimate of drug-likeness (QED) is 0.359. The van der Waals surface area contributed by atoms with Crippen molar-refractivity contribution in [2.75, 3.05) is 13.2 Å². The Kier molecular flexibility index (Phi) is 13.2. The van der Waals surface area contributed by atoms with Crippen LogP contribution in [0.5, 0.6) is 0 Å². The summed E-state index contributed by atoms with van der Waals surface area (Å²) in [5.41, 5.74) is 0. The molecule has 0 rings (SSSR count). The van der Waals surface area contributed by atoms with Gasteiger partial charge in [-0.25, -0.2) is 4.57 Å². The molecule has 0 bridgehead atoms. The third-order valence-electron chi connectivity index (χ3n) is 3.00. The first-order chi connectivity index (χ1) is 9.12. The number of unbranched alkanes of at least 4 members (excludes halogenated alkanes) is 8. The number of phosphoric ester groups is 1. The van der Waals surface area contributed by atoms with Gasteiger partial charge in [-0.05, 0) is 12.8 Å². The fourth-order valence-corrected chi connectivity index (χ4v) is 2.60. The molecule has 0 spiro atoms. The summed E-state index contributed by atoms with van der Waals surface area (Å²) in [4.78, 5) is 9.43. The Morgan fingerprint density at radius 3 is 1.47 bits per heavy atom. The largest absolute Gasteiger partial charge is 0.472 e. The number of phosphoric acid groups is 1. The molecule has 0 radical (unpaired) electrons. The van der Waals surface area contributed by atoms with E-state index in [0.717, 1.165) is 38.5 Å². The number of hydrogen-bond donors (Lipinski definition) is 1. The van der Waals surface area contributed by atoms with Gasteiger partial charge in [-0.3, -0.25) is 9.05 Å². The van der Waals surface area contributed by atoms with Crippen molar-refractivity contribution in [2.24, 2.45) is 0 Å². The van der Waals surface area contributed by atoms with Crippen LogP contribution in [0.4, 0.5) is 0 Å². The third kappa shape index (κ3) is 14.3. The van der Waals surface area contributed by atoms with Crippen molar-refractivity contribution < 1.29 is 18.5 Å². The lowest BCUT2D eigenvalue weighted by molar-refractivity contribution is 0.145. The van der Waals surface area contributed by atoms with Crippen LogP contribution in [0.25, 0.3) is 0 Å². The molecule has 116 valence electrons. The normalized spacial score (nSPS) is 11.9. The molecule has 19 heavy (non-hydrogen) atoms. The molecular weight excluding hydrogens is 263 g/mol. The molecule has 0 fully saturated rings. The van der Waals surface area contributed by atoms with Gasteiger partial charge in [0.25, 0.3) is 0 Å².